The van der Waals surface area contributed by atoms with Gasteiger partial charge in [0.1, 0.15) is 12.6 Å². The van der Waals surface area contributed by atoms with Crippen molar-refractivity contribution in [2.45, 2.75) is 17.8 Å². The maximum atomic E-state index is 10.9. The zero-order valence-corrected chi connectivity index (χ0v) is 11.3. The first kappa shape index (κ1) is 14.6. The van der Waals surface area contributed by atoms with Gasteiger partial charge in [0.05, 0.1) is 5.37 Å². The SMILES string of the molecule is O=C(O)C1CSC(c2ccccc2CCO[N+](=O)[O-])N1. The summed E-state index contributed by atoms with van der Waals surface area (Å²) in [5.74, 6) is -0.367. The molecule has 1 heterocycles. The molecular weight excluding hydrogens is 284 g/mol. The summed E-state index contributed by atoms with van der Waals surface area (Å²) in [5, 5.41) is 21.2. The quantitative estimate of drug-likeness (QED) is 0.601. The normalized spacial score (nSPS) is 21.6. The Morgan fingerprint density at radius 1 is 1.55 bits per heavy atom. The van der Waals surface area contributed by atoms with Crippen LogP contribution in [0.3, 0.4) is 0 Å². The van der Waals surface area contributed by atoms with Gasteiger partial charge in [0, 0.05) is 5.75 Å². The molecule has 8 heteroatoms. The van der Waals surface area contributed by atoms with Crippen LogP contribution in [0.15, 0.2) is 24.3 Å². The van der Waals surface area contributed by atoms with Gasteiger partial charge in [-0.15, -0.1) is 21.9 Å². The number of carboxylic acid groups (broad SMARTS) is 1. The van der Waals surface area contributed by atoms with Gasteiger partial charge in [-0.05, 0) is 17.5 Å². The number of nitrogens with zero attached hydrogens (tertiary/aromatic N) is 1. The fourth-order valence-electron chi connectivity index (χ4n) is 2.04. The molecule has 1 aliphatic heterocycles. The second kappa shape index (κ2) is 6.58. The number of rotatable bonds is 6. The Balaban J connectivity index is 2.04. The molecule has 20 heavy (non-hydrogen) atoms. The maximum Gasteiger partial charge on any atom is 0.321 e. The van der Waals surface area contributed by atoms with E-state index in [1.165, 1.54) is 11.8 Å². The zero-order valence-electron chi connectivity index (χ0n) is 10.5. The molecule has 2 unspecified atom stereocenters. The minimum absolute atomic E-state index is 0.0102. The predicted molar refractivity (Wildman–Crippen MR) is 72.9 cm³/mol. The Labute approximate surface area is 119 Å². The van der Waals surface area contributed by atoms with Crippen LogP contribution in [0.5, 0.6) is 0 Å². The van der Waals surface area contributed by atoms with E-state index in [0.29, 0.717) is 12.2 Å². The second-order valence-electron chi connectivity index (χ2n) is 4.28. The minimum Gasteiger partial charge on any atom is -0.480 e. The summed E-state index contributed by atoms with van der Waals surface area (Å²) in [4.78, 5) is 25.4. The van der Waals surface area contributed by atoms with Gasteiger partial charge in [-0.25, -0.2) is 0 Å². The van der Waals surface area contributed by atoms with Crippen molar-refractivity contribution in [3.05, 3.63) is 45.5 Å². The molecule has 1 fully saturated rings. The van der Waals surface area contributed by atoms with Crippen LogP contribution >= 0.6 is 11.8 Å². The molecular formula is C12H14N2O5S. The highest BCUT2D eigenvalue weighted by Crippen LogP contribution is 2.34. The highest BCUT2D eigenvalue weighted by Gasteiger charge is 2.31. The lowest BCUT2D eigenvalue weighted by Gasteiger charge is -2.15. The van der Waals surface area contributed by atoms with Crippen LogP contribution in [0.25, 0.3) is 0 Å². The zero-order chi connectivity index (χ0) is 14.5. The summed E-state index contributed by atoms with van der Waals surface area (Å²) >= 11 is 1.52. The Bertz CT molecular complexity index is 510. The van der Waals surface area contributed by atoms with Crippen molar-refractivity contribution in [2.24, 2.45) is 0 Å². The standard InChI is InChI=1S/C12H14N2O5S/c15-12(16)10-7-20-11(13-10)9-4-2-1-3-8(9)5-6-19-14(17)18/h1-4,10-11,13H,5-7H2,(H,15,16). The lowest BCUT2D eigenvalue weighted by Crippen LogP contribution is -2.33. The van der Waals surface area contributed by atoms with E-state index in [-0.39, 0.29) is 12.0 Å². The van der Waals surface area contributed by atoms with E-state index < -0.39 is 17.1 Å². The molecule has 7 nitrogen and oxygen atoms in total. The molecule has 1 saturated heterocycles. The summed E-state index contributed by atoms with van der Waals surface area (Å²) in [6, 6.07) is 6.92. The van der Waals surface area contributed by atoms with Crippen molar-refractivity contribution >= 4 is 17.7 Å². The van der Waals surface area contributed by atoms with Gasteiger partial charge in [-0.3, -0.25) is 10.1 Å². The van der Waals surface area contributed by atoms with Gasteiger partial charge in [-0.2, -0.15) is 0 Å². The second-order valence-corrected chi connectivity index (χ2v) is 5.41. The lowest BCUT2D eigenvalue weighted by atomic mass is 10.0. The van der Waals surface area contributed by atoms with Gasteiger partial charge in [-0.1, -0.05) is 24.3 Å². The first-order valence-corrected chi connectivity index (χ1v) is 7.08. The van der Waals surface area contributed by atoms with E-state index in [9.17, 15) is 14.9 Å². The molecule has 1 aromatic carbocycles. The van der Waals surface area contributed by atoms with Crippen LogP contribution in [-0.4, -0.2) is 34.6 Å². The molecule has 2 rings (SSSR count). The molecule has 0 spiro atoms. The van der Waals surface area contributed by atoms with Crippen molar-refractivity contribution in [1.82, 2.24) is 5.32 Å². The average molecular weight is 298 g/mol. The van der Waals surface area contributed by atoms with Crippen LogP contribution in [0, 0.1) is 10.1 Å². The Kier molecular flexibility index (Phi) is 4.80. The maximum absolute atomic E-state index is 10.9. The first-order chi connectivity index (χ1) is 9.58. The van der Waals surface area contributed by atoms with E-state index in [0.717, 1.165) is 11.1 Å². The largest absolute Gasteiger partial charge is 0.480 e. The predicted octanol–water partition coefficient (Wildman–Crippen LogP) is 1.23. The molecule has 0 amide bonds. The van der Waals surface area contributed by atoms with Gasteiger partial charge in [0.15, 0.2) is 0 Å². The molecule has 1 aliphatic rings. The topological polar surface area (TPSA) is 102 Å². The van der Waals surface area contributed by atoms with Crippen molar-refractivity contribution in [1.29, 1.82) is 0 Å². The third-order valence-corrected chi connectivity index (χ3v) is 4.24. The Morgan fingerprint density at radius 2 is 2.30 bits per heavy atom. The molecule has 2 N–H and O–H groups in total. The van der Waals surface area contributed by atoms with Gasteiger partial charge in [0.2, 0.25) is 0 Å². The highest BCUT2D eigenvalue weighted by molar-refractivity contribution is 7.99. The third kappa shape index (κ3) is 3.61. The minimum atomic E-state index is -0.867. The van der Waals surface area contributed by atoms with Crippen molar-refractivity contribution in [2.75, 3.05) is 12.4 Å². The van der Waals surface area contributed by atoms with Crippen molar-refractivity contribution < 1.29 is 19.8 Å². The smallest absolute Gasteiger partial charge is 0.321 e. The summed E-state index contributed by atoms with van der Waals surface area (Å²) in [5.41, 5.74) is 1.87. The molecule has 0 aliphatic carbocycles. The van der Waals surface area contributed by atoms with Crippen LogP contribution < -0.4 is 5.32 Å². The molecule has 0 radical (unpaired) electrons. The third-order valence-electron chi connectivity index (χ3n) is 2.99. The number of hydrogen-bond acceptors (Lipinski definition) is 6. The van der Waals surface area contributed by atoms with E-state index in [4.69, 9.17) is 5.11 Å². The molecule has 1 aromatic rings. The van der Waals surface area contributed by atoms with Crippen molar-refractivity contribution in [3.63, 3.8) is 0 Å². The number of hydrogen-bond donors (Lipinski definition) is 2. The van der Waals surface area contributed by atoms with Crippen LogP contribution in [-0.2, 0) is 16.1 Å². The fraction of sp³-hybridized carbons (Fsp3) is 0.417. The summed E-state index contributed by atoms with van der Waals surface area (Å²) in [6.07, 6.45) is 0.410. The number of benzene rings is 1. The molecule has 108 valence electrons. The fourth-order valence-corrected chi connectivity index (χ4v) is 3.34. The van der Waals surface area contributed by atoms with Crippen LogP contribution in [0.1, 0.15) is 16.5 Å². The van der Waals surface area contributed by atoms with Gasteiger partial charge < -0.3 is 9.94 Å². The first-order valence-electron chi connectivity index (χ1n) is 6.03. The van der Waals surface area contributed by atoms with Crippen LogP contribution in [0.4, 0.5) is 0 Å². The number of carbonyl (C=O) groups is 1. The van der Waals surface area contributed by atoms with E-state index in [1.807, 2.05) is 24.3 Å². The number of aliphatic carboxylic acids is 1. The summed E-state index contributed by atoms with van der Waals surface area (Å²) < 4.78 is 0. The van der Waals surface area contributed by atoms with E-state index >= 15 is 0 Å². The summed E-state index contributed by atoms with van der Waals surface area (Å²) in [7, 11) is 0. The van der Waals surface area contributed by atoms with Gasteiger partial charge in [0.25, 0.3) is 5.09 Å². The molecule has 0 saturated carbocycles. The van der Waals surface area contributed by atoms with Crippen LogP contribution in [0.2, 0.25) is 0 Å². The molecule has 0 aromatic heterocycles. The van der Waals surface area contributed by atoms with Crippen molar-refractivity contribution in [3.8, 4) is 0 Å². The van der Waals surface area contributed by atoms with E-state index in [2.05, 4.69) is 10.2 Å². The Morgan fingerprint density at radius 3 is 2.95 bits per heavy atom. The number of nitrogens with one attached hydrogen (secondary N) is 1. The average Bonchev–Trinajstić information content (AvgIpc) is 2.88. The molecule has 2 atom stereocenters. The lowest BCUT2D eigenvalue weighted by molar-refractivity contribution is -0.757. The Hall–Kier alpha value is -1.80. The highest BCUT2D eigenvalue weighted by atomic mass is 32.2. The number of carboxylic acids is 1. The summed E-state index contributed by atoms with van der Waals surface area (Å²) in [6.45, 7) is -0.0102. The van der Waals surface area contributed by atoms with Gasteiger partial charge >= 0.3 is 5.97 Å². The molecule has 0 bridgehead atoms. The van der Waals surface area contributed by atoms with E-state index in [1.54, 1.807) is 0 Å². The monoisotopic (exact) mass is 298 g/mol. The number of thioether (sulfide) groups is 1.